The molecule has 0 radical (unpaired) electrons. The Balaban J connectivity index is 2.71. The van der Waals surface area contributed by atoms with E-state index >= 15 is 0 Å². The molecule has 1 rings (SSSR count). The van der Waals surface area contributed by atoms with Crippen LogP contribution in [0.25, 0.3) is 0 Å². The maximum atomic E-state index is 11.1. The third kappa shape index (κ3) is 2.35. The standard InChI is InChI=1S/C9H14O4/c1-6(11)8-7(4-5-10)12-9(2,3)13-8/h5,7-8H,4H2,1-3H3. The molecule has 2 atom stereocenters. The number of Topliss-reactive ketones (excluding diaryl/α,β-unsaturated/α-hetero) is 1. The molecule has 1 aliphatic heterocycles. The van der Waals surface area contributed by atoms with E-state index in [0.29, 0.717) is 0 Å². The third-order valence-electron chi connectivity index (χ3n) is 1.91. The van der Waals surface area contributed by atoms with E-state index in [1.54, 1.807) is 13.8 Å². The van der Waals surface area contributed by atoms with Gasteiger partial charge in [-0.25, -0.2) is 0 Å². The van der Waals surface area contributed by atoms with E-state index in [1.165, 1.54) is 6.92 Å². The maximum Gasteiger partial charge on any atom is 0.164 e. The smallest absolute Gasteiger partial charge is 0.164 e. The Labute approximate surface area is 77.2 Å². The molecule has 2 unspecified atom stereocenters. The highest BCUT2D eigenvalue weighted by molar-refractivity contribution is 5.81. The molecule has 13 heavy (non-hydrogen) atoms. The first kappa shape index (κ1) is 10.3. The van der Waals surface area contributed by atoms with Crippen molar-refractivity contribution in [1.82, 2.24) is 0 Å². The lowest BCUT2D eigenvalue weighted by Crippen LogP contribution is -2.29. The molecule has 0 aromatic heterocycles. The van der Waals surface area contributed by atoms with Crippen LogP contribution in [0.5, 0.6) is 0 Å². The second-order valence-corrected chi connectivity index (χ2v) is 3.61. The highest BCUT2D eigenvalue weighted by Crippen LogP contribution is 2.29. The summed E-state index contributed by atoms with van der Waals surface area (Å²) < 4.78 is 10.7. The number of hydrogen-bond donors (Lipinski definition) is 0. The van der Waals surface area contributed by atoms with Gasteiger partial charge >= 0.3 is 0 Å². The summed E-state index contributed by atoms with van der Waals surface area (Å²) >= 11 is 0. The van der Waals surface area contributed by atoms with Crippen LogP contribution in [-0.4, -0.2) is 30.1 Å². The molecule has 0 aromatic carbocycles. The van der Waals surface area contributed by atoms with Crippen LogP contribution in [-0.2, 0) is 19.1 Å². The quantitative estimate of drug-likeness (QED) is 0.608. The zero-order chi connectivity index (χ0) is 10.1. The topological polar surface area (TPSA) is 52.6 Å². The normalized spacial score (nSPS) is 31.6. The predicted molar refractivity (Wildman–Crippen MR) is 45.2 cm³/mol. The van der Waals surface area contributed by atoms with Crippen molar-refractivity contribution in [2.75, 3.05) is 0 Å². The van der Waals surface area contributed by atoms with Crippen molar-refractivity contribution in [3.63, 3.8) is 0 Å². The number of aldehydes is 1. The minimum absolute atomic E-state index is 0.0996. The average molecular weight is 186 g/mol. The molecule has 1 fully saturated rings. The van der Waals surface area contributed by atoms with E-state index in [-0.39, 0.29) is 12.2 Å². The summed E-state index contributed by atoms with van der Waals surface area (Å²) in [6.45, 7) is 4.90. The molecule has 0 aromatic rings. The fourth-order valence-electron chi connectivity index (χ4n) is 1.45. The lowest BCUT2D eigenvalue weighted by atomic mass is 10.1. The van der Waals surface area contributed by atoms with E-state index in [0.717, 1.165) is 6.29 Å². The SMILES string of the molecule is CC(=O)C1OC(C)(C)OC1CC=O. The molecule has 0 amide bonds. The Morgan fingerprint density at radius 3 is 2.54 bits per heavy atom. The van der Waals surface area contributed by atoms with E-state index in [4.69, 9.17) is 9.47 Å². The molecule has 4 heteroatoms. The number of ether oxygens (including phenoxy) is 2. The van der Waals surface area contributed by atoms with Gasteiger partial charge in [-0.2, -0.15) is 0 Å². The molecule has 0 aliphatic carbocycles. The molecular weight excluding hydrogens is 172 g/mol. The van der Waals surface area contributed by atoms with Crippen molar-refractivity contribution >= 4 is 12.1 Å². The van der Waals surface area contributed by atoms with Gasteiger partial charge in [0.2, 0.25) is 0 Å². The largest absolute Gasteiger partial charge is 0.344 e. The first-order chi connectivity index (χ1) is 5.96. The zero-order valence-electron chi connectivity index (χ0n) is 8.07. The fourth-order valence-corrected chi connectivity index (χ4v) is 1.45. The van der Waals surface area contributed by atoms with Gasteiger partial charge in [-0.05, 0) is 20.8 Å². The Bertz CT molecular complexity index is 222. The molecule has 1 heterocycles. The molecule has 0 bridgehead atoms. The lowest BCUT2D eigenvalue weighted by Gasteiger charge is -2.15. The maximum absolute atomic E-state index is 11.1. The van der Waals surface area contributed by atoms with Crippen LogP contribution in [0.1, 0.15) is 27.2 Å². The summed E-state index contributed by atoms with van der Waals surface area (Å²) in [5.41, 5.74) is 0. The van der Waals surface area contributed by atoms with Crippen molar-refractivity contribution < 1.29 is 19.1 Å². The lowest BCUT2D eigenvalue weighted by molar-refractivity contribution is -0.154. The van der Waals surface area contributed by atoms with Crippen LogP contribution in [0, 0.1) is 0 Å². The second-order valence-electron chi connectivity index (χ2n) is 3.61. The Morgan fingerprint density at radius 1 is 1.46 bits per heavy atom. The fraction of sp³-hybridized carbons (Fsp3) is 0.778. The minimum atomic E-state index is -0.760. The monoisotopic (exact) mass is 186 g/mol. The summed E-state index contributed by atoms with van der Waals surface area (Å²) in [6, 6.07) is 0. The van der Waals surface area contributed by atoms with Gasteiger partial charge in [-0.15, -0.1) is 0 Å². The van der Waals surface area contributed by atoms with Crippen LogP contribution < -0.4 is 0 Å². The van der Waals surface area contributed by atoms with Gasteiger partial charge in [-0.3, -0.25) is 4.79 Å². The van der Waals surface area contributed by atoms with Crippen molar-refractivity contribution in [2.24, 2.45) is 0 Å². The van der Waals surface area contributed by atoms with Crippen LogP contribution >= 0.6 is 0 Å². The van der Waals surface area contributed by atoms with E-state index in [2.05, 4.69) is 0 Å². The number of hydrogen-bond acceptors (Lipinski definition) is 4. The van der Waals surface area contributed by atoms with Gasteiger partial charge in [0.15, 0.2) is 11.6 Å². The van der Waals surface area contributed by atoms with E-state index in [9.17, 15) is 9.59 Å². The summed E-state index contributed by atoms with van der Waals surface area (Å²) in [4.78, 5) is 21.4. The highest BCUT2D eigenvalue weighted by atomic mass is 16.8. The van der Waals surface area contributed by atoms with Crippen LogP contribution in [0.3, 0.4) is 0 Å². The van der Waals surface area contributed by atoms with E-state index in [1.807, 2.05) is 0 Å². The first-order valence-corrected chi connectivity index (χ1v) is 4.26. The highest BCUT2D eigenvalue weighted by Gasteiger charge is 2.43. The molecule has 74 valence electrons. The summed E-state index contributed by atoms with van der Waals surface area (Å²) in [6.07, 6.45) is -0.0795. The van der Waals surface area contributed by atoms with Crippen molar-refractivity contribution in [3.8, 4) is 0 Å². The van der Waals surface area contributed by atoms with Gasteiger partial charge < -0.3 is 14.3 Å². The number of carbonyl (C=O) groups excluding carboxylic acids is 2. The van der Waals surface area contributed by atoms with E-state index < -0.39 is 18.0 Å². The molecule has 1 aliphatic rings. The van der Waals surface area contributed by atoms with Crippen molar-refractivity contribution in [1.29, 1.82) is 0 Å². The molecule has 1 saturated heterocycles. The summed E-state index contributed by atoms with van der Waals surface area (Å²) in [5.74, 6) is -0.860. The minimum Gasteiger partial charge on any atom is -0.344 e. The first-order valence-electron chi connectivity index (χ1n) is 4.26. The molecule has 4 nitrogen and oxygen atoms in total. The van der Waals surface area contributed by atoms with Crippen molar-refractivity contribution in [2.45, 2.75) is 45.2 Å². The number of rotatable bonds is 3. The summed E-state index contributed by atoms with van der Waals surface area (Å²) in [7, 11) is 0. The van der Waals surface area contributed by atoms with Crippen molar-refractivity contribution in [3.05, 3.63) is 0 Å². The Hall–Kier alpha value is -0.740. The Kier molecular flexibility index (Phi) is 2.83. The van der Waals surface area contributed by atoms with Crippen LogP contribution in [0.2, 0.25) is 0 Å². The summed E-state index contributed by atoms with van der Waals surface area (Å²) in [5, 5.41) is 0. The van der Waals surface area contributed by atoms with Crippen LogP contribution in [0.15, 0.2) is 0 Å². The van der Waals surface area contributed by atoms with Gasteiger partial charge in [0, 0.05) is 6.42 Å². The number of carbonyl (C=O) groups is 2. The van der Waals surface area contributed by atoms with Crippen LogP contribution in [0.4, 0.5) is 0 Å². The van der Waals surface area contributed by atoms with Gasteiger partial charge in [-0.1, -0.05) is 0 Å². The van der Waals surface area contributed by atoms with Gasteiger partial charge in [0.1, 0.15) is 18.5 Å². The molecule has 0 N–H and O–H groups in total. The zero-order valence-corrected chi connectivity index (χ0v) is 8.07. The average Bonchev–Trinajstić information content (AvgIpc) is 2.26. The predicted octanol–water partition coefficient (Wildman–Crippen LogP) is 0.684. The van der Waals surface area contributed by atoms with Gasteiger partial charge in [0.05, 0.1) is 0 Å². The second kappa shape index (κ2) is 3.55. The Morgan fingerprint density at radius 2 is 2.08 bits per heavy atom. The molecule has 0 saturated carbocycles. The van der Waals surface area contributed by atoms with Gasteiger partial charge in [0.25, 0.3) is 0 Å². The third-order valence-corrected chi connectivity index (χ3v) is 1.91. The molecular formula is C9H14O4. The molecule has 0 spiro atoms. The number of ketones is 1.